The van der Waals surface area contributed by atoms with E-state index in [1.165, 1.54) is 0 Å². The standard InChI is InChI=1S/C19H16N6O2/c20-8-12-16(11-5-3-6-14-18(11)25-27-24-14)13-9-21-23-19(13)22-17(12)10-4-1-2-7-15(10)26/h3,5-6,9-10,16H,1-2,4,7H2,(H2,21,22,23). The number of aromatic nitrogens is 4. The lowest BCUT2D eigenvalue weighted by atomic mass is 9.77. The molecule has 2 aliphatic rings. The van der Waals surface area contributed by atoms with Gasteiger partial charge >= 0.3 is 0 Å². The van der Waals surface area contributed by atoms with Gasteiger partial charge in [0.05, 0.1) is 29.7 Å². The molecule has 0 radical (unpaired) electrons. The summed E-state index contributed by atoms with van der Waals surface area (Å²) in [4.78, 5) is 12.6. The summed E-state index contributed by atoms with van der Waals surface area (Å²) in [7, 11) is 0. The molecule has 1 saturated carbocycles. The van der Waals surface area contributed by atoms with Crippen LogP contribution >= 0.6 is 0 Å². The van der Waals surface area contributed by atoms with Gasteiger partial charge in [-0.1, -0.05) is 18.6 Å². The van der Waals surface area contributed by atoms with Crippen LogP contribution < -0.4 is 5.32 Å². The van der Waals surface area contributed by atoms with Crippen LogP contribution in [0.15, 0.2) is 40.3 Å². The second-order valence-corrected chi connectivity index (χ2v) is 6.94. The van der Waals surface area contributed by atoms with Crippen LogP contribution in [-0.4, -0.2) is 26.3 Å². The number of hydrogen-bond donors (Lipinski definition) is 2. The van der Waals surface area contributed by atoms with Gasteiger partial charge < -0.3 is 5.32 Å². The summed E-state index contributed by atoms with van der Waals surface area (Å²) >= 11 is 0. The van der Waals surface area contributed by atoms with Crippen molar-refractivity contribution in [2.75, 3.05) is 5.32 Å². The molecule has 134 valence electrons. The Kier molecular flexibility index (Phi) is 3.53. The number of aromatic amines is 1. The predicted octanol–water partition coefficient (Wildman–Crippen LogP) is 3.04. The molecule has 0 amide bonds. The number of nitriles is 1. The van der Waals surface area contributed by atoms with Crippen molar-refractivity contribution in [2.45, 2.75) is 31.6 Å². The number of carbonyl (C=O) groups excluding carboxylic acids is 1. The first-order valence-corrected chi connectivity index (χ1v) is 8.96. The molecule has 2 unspecified atom stereocenters. The Morgan fingerprint density at radius 3 is 3.00 bits per heavy atom. The lowest BCUT2D eigenvalue weighted by Gasteiger charge is -2.31. The Morgan fingerprint density at radius 1 is 1.22 bits per heavy atom. The molecule has 5 rings (SSSR count). The number of rotatable bonds is 2. The minimum absolute atomic E-state index is 0.180. The fraction of sp³-hybridized carbons (Fsp3) is 0.316. The lowest BCUT2D eigenvalue weighted by Crippen LogP contribution is -2.29. The van der Waals surface area contributed by atoms with Crippen LogP contribution in [0.2, 0.25) is 0 Å². The molecule has 1 fully saturated rings. The summed E-state index contributed by atoms with van der Waals surface area (Å²) in [6.45, 7) is 0. The third-order valence-electron chi connectivity index (χ3n) is 5.47. The first-order chi connectivity index (χ1) is 13.3. The molecule has 2 atom stereocenters. The van der Waals surface area contributed by atoms with Crippen molar-refractivity contribution < 1.29 is 9.42 Å². The summed E-state index contributed by atoms with van der Waals surface area (Å²) in [6, 6.07) is 7.94. The van der Waals surface area contributed by atoms with E-state index >= 15 is 0 Å². The van der Waals surface area contributed by atoms with Crippen LogP contribution in [0.1, 0.15) is 42.7 Å². The minimum atomic E-state index is -0.384. The van der Waals surface area contributed by atoms with E-state index in [1.54, 1.807) is 6.20 Å². The summed E-state index contributed by atoms with van der Waals surface area (Å²) in [5, 5.41) is 28.4. The average molecular weight is 360 g/mol. The highest BCUT2D eigenvalue weighted by atomic mass is 16.6. The molecule has 3 heterocycles. The van der Waals surface area contributed by atoms with E-state index < -0.39 is 0 Å². The van der Waals surface area contributed by atoms with Crippen molar-refractivity contribution in [2.24, 2.45) is 5.92 Å². The predicted molar refractivity (Wildman–Crippen MR) is 95.5 cm³/mol. The molecule has 2 N–H and O–H groups in total. The monoisotopic (exact) mass is 360 g/mol. The van der Waals surface area contributed by atoms with Gasteiger partial charge in [0.2, 0.25) is 0 Å². The molecule has 8 heteroatoms. The largest absolute Gasteiger partial charge is 0.342 e. The number of carbonyl (C=O) groups is 1. The molecule has 2 aromatic heterocycles. The lowest BCUT2D eigenvalue weighted by molar-refractivity contribution is -0.123. The number of Topliss-reactive ketones (excluding diaryl/α,β-unsaturated/α-hetero) is 1. The van der Waals surface area contributed by atoms with Crippen molar-refractivity contribution in [3.63, 3.8) is 0 Å². The van der Waals surface area contributed by atoms with Crippen molar-refractivity contribution in [1.29, 1.82) is 5.26 Å². The topological polar surface area (TPSA) is 120 Å². The van der Waals surface area contributed by atoms with Crippen molar-refractivity contribution in [3.8, 4) is 6.07 Å². The Bertz CT molecular complexity index is 1120. The first-order valence-electron chi connectivity index (χ1n) is 8.96. The summed E-state index contributed by atoms with van der Waals surface area (Å²) < 4.78 is 4.90. The zero-order valence-corrected chi connectivity index (χ0v) is 14.4. The molecular weight excluding hydrogens is 344 g/mol. The second kappa shape index (κ2) is 6.06. The quantitative estimate of drug-likeness (QED) is 0.720. The zero-order valence-electron chi connectivity index (χ0n) is 14.4. The van der Waals surface area contributed by atoms with Gasteiger partial charge in [-0.25, -0.2) is 4.63 Å². The second-order valence-electron chi connectivity index (χ2n) is 6.94. The normalized spacial score (nSPS) is 22.4. The average Bonchev–Trinajstić information content (AvgIpc) is 3.35. The van der Waals surface area contributed by atoms with Crippen LogP contribution in [0.25, 0.3) is 11.0 Å². The Morgan fingerprint density at radius 2 is 2.15 bits per heavy atom. The molecule has 0 saturated heterocycles. The van der Waals surface area contributed by atoms with Crippen LogP contribution in [-0.2, 0) is 4.79 Å². The van der Waals surface area contributed by atoms with Crippen LogP contribution in [0.5, 0.6) is 0 Å². The van der Waals surface area contributed by atoms with E-state index in [-0.39, 0.29) is 17.6 Å². The SMILES string of the molecule is N#CC1=C(C2CCCCC2=O)Nc2[nH]ncc2C1c1cccc2nonc12. The van der Waals surface area contributed by atoms with E-state index in [1.807, 2.05) is 18.2 Å². The number of anilines is 1. The van der Waals surface area contributed by atoms with Gasteiger partial charge in [-0.3, -0.25) is 9.89 Å². The van der Waals surface area contributed by atoms with E-state index in [2.05, 4.69) is 31.9 Å². The van der Waals surface area contributed by atoms with E-state index in [0.717, 1.165) is 30.4 Å². The fourth-order valence-corrected chi connectivity index (χ4v) is 4.20. The number of ketones is 1. The van der Waals surface area contributed by atoms with Gasteiger partial charge in [-0.15, -0.1) is 0 Å². The van der Waals surface area contributed by atoms with E-state index in [0.29, 0.717) is 34.5 Å². The van der Waals surface area contributed by atoms with Crippen LogP contribution in [0.4, 0.5) is 5.82 Å². The highest BCUT2D eigenvalue weighted by molar-refractivity contribution is 5.87. The third-order valence-corrected chi connectivity index (χ3v) is 5.47. The molecule has 8 nitrogen and oxygen atoms in total. The van der Waals surface area contributed by atoms with E-state index in [9.17, 15) is 10.1 Å². The van der Waals surface area contributed by atoms with Gasteiger partial charge in [0, 0.05) is 17.7 Å². The maximum atomic E-state index is 12.6. The summed E-state index contributed by atoms with van der Waals surface area (Å²) in [5.41, 5.74) is 4.10. The van der Waals surface area contributed by atoms with Crippen LogP contribution in [0.3, 0.4) is 0 Å². The van der Waals surface area contributed by atoms with Gasteiger partial charge in [-0.05, 0) is 34.8 Å². The maximum absolute atomic E-state index is 12.6. The summed E-state index contributed by atoms with van der Waals surface area (Å²) in [5.74, 6) is 0.215. The number of fused-ring (bicyclic) bond motifs is 2. The van der Waals surface area contributed by atoms with E-state index in [4.69, 9.17) is 4.63 Å². The van der Waals surface area contributed by atoms with Gasteiger partial charge in [0.1, 0.15) is 22.6 Å². The van der Waals surface area contributed by atoms with Crippen molar-refractivity contribution >= 4 is 22.6 Å². The van der Waals surface area contributed by atoms with Crippen molar-refractivity contribution in [1.82, 2.24) is 20.5 Å². The number of allylic oxidation sites excluding steroid dienone is 2. The molecule has 1 aliphatic carbocycles. The molecule has 0 spiro atoms. The number of nitrogens with one attached hydrogen (secondary N) is 2. The zero-order chi connectivity index (χ0) is 18.4. The molecule has 1 aromatic carbocycles. The number of nitrogens with zero attached hydrogens (tertiary/aromatic N) is 4. The molecule has 0 bridgehead atoms. The summed E-state index contributed by atoms with van der Waals surface area (Å²) in [6.07, 6.45) is 4.89. The maximum Gasteiger partial charge on any atom is 0.141 e. The highest BCUT2D eigenvalue weighted by Gasteiger charge is 2.38. The molecular formula is C19H16N6O2. The van der Waals surface area contributed by atoms with Gasteiger partial charge in [0.15, 0.2) is 0 Å². The number of benzene rings is 1. The van der Waals surface area contributed by atoms with Crippen LogP contribution in [0, 0.1) is 17.2 Å². The minimum Gasteiger partial charge on any atom is -0.342 e. The Labute approximate surface area is 154 Å². The number of hydrogen-bond acceptors (Lipinski definition) is 7. The van der Waals surface area contributed by atoms with Gasteiger partial charge in [0.25, 0.3) is 0 Å². The molecule has 3 aromatic rings. The Hall–Kier alpha value is -3.47. The Balaban J connectivity index is 1.74. The number of H-pyrrole nitrogens is 1. The first kappa shape index (κ1) is 15.8. The third kappa shape index (κ3) is 2.35. The smallest absolute Gasteiger partial charge is 0.141 e. The molecule has 1 aliphatic heterocycles. The highest BCUT2D eigenvalue weighted by Crippen LogP contribution is 2.45. The fourth-order valence-electron chi connectivity index (χ4n) is 4.20. The molecule has 27 heavy (non-hydrogen) atoms. The van der Waals surface area contributed by atoms with Crippen molar-refractivity contribution in [3.05, 3.63) is 46.8 Å². The van der Waals surface area contributed by atoms with Gasteiger partial charge in [-0.2, -0.15) is 10.4 Å².